The van der Waals surface area contributed by atoms with E-state index in [-0.39, 0.29) is 11.5 Å². The van der Waals surface area contributed by atoms with Gasteiger partial charge in [0.25, 0.3) is 0 Å². The maximum absolute atomic E-state index is 6.19. The molecule has 1 unspecified atom stereocenters. The summed E-state index contributed by atoms with van der Waals surface area (Å²) in [5.41, 5.74) is 1.85. The van der Waals surface area contributed by atoms with E-state index in [2.05, 4.69) is 26.1 Å². The van der Waals surface area contributed by atoms with E-state index in [9.17, 15) is 0 Å². The van der Waals surface area contributed by atoms with E-state index in [1.165, 1.54) is 0 Å². The van der Waals surface area contributed by atoms with Crippen LogP contribution in [0, 0.1) is 5.41 Å². The molecule has 2 aromatic carbocycles. The first-order valence-corrected chi connectivity index (χ1v) is 7.20. The summed E-state index contributed by atoms with van der Waals surface area (Å²) in [5, 5.41) is 3.40. The van der Waals surface area contributed by atoms with Gasteiger partial charge in [-0.1, -0.05) is 51.1 Å². The molecule has 0 saturated carbocycles. The van der Waals surface area contributed by atoms with Crippen molar-refractivity contribution >= 4 is 17.2 Å². The molecular formula is C18H20N2O. The number of amidine groups is 1. The first-order chi connectivity index (χ1) is 10.0. The molecule has 1 atom stereocenters. The van der Waals surface area contributed by atoms with Crippen molar-refractivity contribution in [3.05, 3.63) is 54.6 Å². The van der Waals surface area contributed by atoms with Gasteiger partial charge in [-0.05, 0) is 24.3 Å². The van der Waals surface area contributed by atoms with E-state index in [1.807, 2.05) is 54.6 Å². The van der Waals surface area contributed by atoms with E-state index < -0.39 is 0 Å². The molecule has 1 aliphatic heterocycles. The van der Waals surface area contributed by atoms with Gasteiger partial charge >= 0.3 is 0 Å². The van der Waals surface area contributed by atoms with Gasteiger partial charge in [0, 0.05) is 11.1 Å². The summed E-state index contributed by atoms with van der Waals surface area (Å²) >= 11 is 0. The number of nitrogens with one attached hydrogen (secondary N) is 1. The molecule has 0 fully saturated rings. The van der Waals surface area contributed by atoms with Crippen molar-refractivity contribution in [3.8, 4) is 5.75 Å². The quantitative estimate of drug-likeness (QED) is 0.826. The van der Waals surface area contributed by atoms with E-state index in [0.717, 1.165) is 23.0 Å². The van der Waals surface area contributed by atoms with Crippen LogP contribution in [0.2, 0.25) is 0 Å². The Hall–Kier alpha value is -2.29. The van der Waals surface area contributed by atoms with Crippen molar-refractivity contribution < 1.29 is 4.74 Å². The molecule has 1 heterocycles. The summed E-state index contributed by atoms with van der Waals surface area (Å²) in [6.07, 6.45) is -0.104. The van der Waals surface area contributed by atoms with Gasteiger partial charge in [-0.3, -0.25) is 0 Å². The van der Waals surface area contributed by atoms with Crippen molar-refractivity contribution in [2.45, 2.75) is 26.9 Å². The van der Waals surface area contributed by atoms with Crippen molar-refractivity contribution in [2.75, 3.05) is 5.32 Å². The second-order valence-electron chi connectivity index (χ2n) is 6.32. The Morgan fingerprint density at radius 3 is 2.33 bits per heavy atom. The molecule has 2 aromatic rings. The lowest BCUT2D eigenvalue weighted by Crippen LogP contribution is -2.44. The Bertz CT molecular complexity index is 656. The molecule has 0 radical (unpaired) electrons. The van der Waals surface area contributed by atoms with E-state index >= 15 is 0 Å². The number of ether oxygens (including phenoxy) is 1. The molecule has 21 heavy (non-hydrogen) atoms. The lowest BCUT2D eigenvalue weighted by Gasteiger charge is -2.35. The molecule has 3 nitrogen and oxygen atoms in total. The smallest absolute Gasteiger partial charge is 0.161 e. The molecule has 0 amide bonds. The molecule has 3 heteroatoms. The molecule has 0 spiro atoms. The highest BCUT2D eigenvalue weighted by Gasteiger charge is 2.35. The van der Waals surface area contributed by atoms with Crippen LogP contribution in [0.25, 0.3) is 0 Å². The monoisotopic (exact) mass is 280 g/mol. The predicted octanol–water partition coefficient (Wildman–Crippen LogP) is 4.64. The van der Waals surface area contributed by atoms with Gasteiger partial charge in [-0.25, -0.2) is 4.99 Å². The lowest BCUT2D eigenvalue weighted by atomic mass is 9.87. The fourth-order valence-corrected chi connectivity index (χ4v) is 2.37. The molecule has 3 rings (SSSR count). The van der Waals surface area contributed by atoms with Gasteiger partial charge < -0.3 is 10.1 Å². The van der Waals surface area contributed by atoms with Gasteiger partial charge in [0.05, 0.1) is 0 Å². The highest BCUT2D eigenvalue weighted by Crippen LogP contribution is 2.37. The third-order valence-electron chi connectivity index (χ3n) is 3.43. The van der Waals surface area contributed by atoms with Crippen LogP contribution >= 0.6 is 0 Å². The number of fused-ring (bicyclic) bond motifs is 1. The number of aliphatic imine (C=N–C) groups is 1. The predicted molar refractivity (Wildman–Crippen MR) is 87.5 cm³/mol. The van der Waals surface area contributed by atoms with Crippen LogP contribution < -0.4 is 10.1 Å². The fourth-order valence-electron chi connectivity index (χ4n) is 2.37. The van der Waals surface area contributed by atoms with Crippen molar-refractivity contribution in [1.82, 2.24) is 0 Å². The van der Waals surface area contributed by atoms with Crippen LogP contribution in [0.5, 0.6) is 5.75 Å². The highest BCUT2D eigenvalue weighted by molar-refractivity contribution is 6.02. The molecule has 0 aromatic heterocycles. The van der Waals surface area contributed by atoms with Crippen molar-refractivity contribution in [2.24, 2.45) is 10.4 Å². The molecule has 1 aliphatic rings. The van der Waals surface area contributed by atoms with Crippen LogP contribution in [-0.4, -0.2) is 11.9 Å². The Morgan fingerprint density at radius 2 is 1.62 bits per heavy atom. The van der Waals surface area contributed by atoms with E-state index in [0.29, 0.717) is 0 Å². The zero-order valence-corrected chi connectivity index (χ0v) is 12.6. The maximum atomic E-state index is 6.19. The molecule has 0 bridgehead atoms. The number of anilines is 1. The van der Waals surface area contributed by atoms with Crippen LogP contribution in [0.3, 0.4) is 0 Å². The van der Waals surface area contributed by atoms with Gasteiger partial charge in [0.15, 0.2) is 6.10 Å². The zero-order chi connectivity index (χ0) is 14.9. The minimum Gasteiger partial charge on any atom is -0.480 e. The highest BCUT2D eigenvalue weighted by atomic mass is 16.5. The molecule has 1 N–H and O–H groups in total. The summed E-state index contributed by atoms with van der Waals surface area (Å²) < 4.78 is 6.19. The third kappa shape index (κ3) is 2.92. The van der Waals surface area contributed by atoms with Crippen LogP contribution in [0.1, 0.15) is 20.8 Å². The number of nitrogens with zero attached hydrogens (tertiary/aromatic N) is 1. The van der Waals surface area contributed by atoms with Gasteiger partial charge in [0.1, 0.15) is 17.3 Å². The normalized spacial score (nSPS) is 17.5. The number of benzene rings is 2. The average Bonchev–Trinajstić information content (AvgIpc) is 2.46. The minimum atomic E-state index is -0.104. The van der Waals surface area contributed by atoms with E-state index in [4.69, 9.17) is 9.73 Å². The SMILES string of the molecule is CC(C)(C)C1Oc2ccccc2N=C1Nc1ccccc1. The first-order valence-electron chi connectivity index (χ1n) is 7.20. The summed E-state index contributed by atoms with van der Waals surface area (Å²) in [6.45, 7) is 6.48. The van der Waals surface area contributed by atoms with Crippen molar-refractivity contribution in [3.63, 3.8) is 0 Å². The maximum Gasteiger partial charge on any atom is 0.161 e. The summed E-state index contributed by atoms with van der Waals surface area (Å²) in [6, 6.07) is 18.0. The standard InChI is InChI=1S/C18H20N2O/c1-18(2,3)16-17(19-13-9-5-4-6-10-13)20-14-11-7-8-12-15(14)21-16/h4-12,16H,1-3H3,(H,19,20). The third-order valence-corrected chi connectivity index (χ3v) is 3.43. The second-order valence-corrected chi connectivity index (χ2v) is 6.32. The van der Waals surface area contributed by atoms with E-state index in [1.54, 1.807) is 0 Å². The number of para-hydroxylation sites is 3. The molecular weight excluding hydrogens is 260 g/mol. The van der Waals surface area contributed by atoms with Crippen molar-refractivity contribution in [1.29, 1.82) is 0 Å². The minimum absolute atomic E-state index is 0.0475. The summed E-state index contributed by atoms with van der Waals surface area (Å²) in [5.74, 6) is 1.70. The zero-order valence-electron chi connectivity index (χ0n) is 12.6. The molecule has 0 aliphatic carbocycles. The lowest BCUT2D eigenvalue weighted by molar-refractivity contribution is 0.142. The Labute approximate surface area is 125 Å². The first kappa shape index (κ1) is 13.7. The van der Waals surface area contributed by atoms with Crippen LogP contribution in [0.4, 0.5) is 11.4 Å². The Kier molecular flexibility index (Phi) is 3.42. The number of hydrogen-bond donors (Lipinski definition) is 1. The number of rotatable bonds is 1. The second kappa shape index (κ2) is 5.24. The fraction of sp³-hybridized carbons (Fsp3) is 0.278. The average molecular weight is 280 g/mol. The van der Waals surface area contributed by atoms with Gasteiger partial charge in [0.2, 0.25) is 0 Å². The molecule has 0 saturated heterocycles. The largest absolute Gasteiger partial charge is 0.480 e. The summed E-state index contributed by atoms with van der Waals surface area (Å²) in [7, 11) is 0. The van der Waals surface area contributed by atoms with Crippen LogP contribution in [0.15, 0.2) is 59.6 Å². The topological polar surface area (TPSA) is 33.6 Å². The van der Waals surface area contributed by atoms with Gasteiger partial charge in [-0.2, -0.15) is 0 Å². The van der Waals surface area contributed by atoms with Gasteiger partial charge in [-0.15, -0.1) is 0 Å². The molecule has 108 valence electrons. The number of hydrogen-bond acceptors (Lipinski definition) is 3. The summed E-state index contributed by atoms with van der Waals surface area (Å²) in [4.78, 5) is 4.77. The van der Waals surface area contributed by atoms with Crippen LogP contribution in [-0.2, 0) is 0 Å². The Balaban J connectivity index is 1.99. The Morgan fingerprint density at radius 1 is 0.952 bits per heavy atom.